The number of hydrogen-bond acceptors (Lipinski definition) is 6. The third kappa shape index (κ3) is 3.86. The van der Waals surface area contributed by atoms with Crippen LogP contribution in [0.15, 0.2) is 41.3 Å². The Balaban J connectivity index is 1.72. The quantitative estimate of drug-likeness (QED) is 0.752. The molecule has 1 saturated carbocycles. The topological polar surface area (TPSA) is 104 Å². The fraction of sp³-hybridized carbons (Fsp3) is 0.421. The molecule has 1 aliphatic rings. The van der Waals surface area contributed by atoms with Gasteiger partial charge in [-0.05, 0) is 41.0 Å². The van der Waals surface area contributed by atoms with Gasteiger partial charge >= 0.3 is 0 Å². The minimum Gasteiger partial charge on any atom is -0.481 e. The van der Waals surface area contributed by atoms with E-state index in [-0.39, 0.29) is 10.3 Å². The molecule has 1 aliphatic carbocycles. The highest BCUT2D eigenvalue weighted by atomic mass is 32.2. The van der Waals surface area contributed by atoms with Crippen LogP contribution >= 0.6 is 0 Å². The fourth-order valence-corrected chi connectivity index (χ4v) is 4.21. The second kappa shape index (κ2) is 7.01. The first-order chi connectivity index (χ1) is 12.7. The molecule has 27 heavy (non-hydrogen) atoms. The molecule has 0 spiro atoms. The molecule has 0 radical (unpaired) electrons. The normalized spacial score (nSPS) is 20.8. The van der Waals surface area contributed by atoms with Crippen LogP contribution in [0.5, 0.6) is 11.8 Å². The van der Waals surface area contributed by atoms with Gasteiger partial charge in [0, 0.05) is 12.6 Å². The van der Waals surface area contributed by atoms with Gasteiger partial charge in [0.1, 0.15) is 0 Å². The Morgan fingerprint density at radius 1 is 1.11 bits per heavy atom. The summed E-state index contributed by atoms with van der Waals surface area (Å²) in [5, 5.41) is 8.58. The summed E-state index contributed by atoms with van der Waals surface area (Å²) in [5.74, 6) is 1.71. The average Bonchev–Trinajstić information content (AvgIpc) is 3.19. The summed E-state index contributed by atoms with van der Waals surface area (Å²) >= 11 is 0. The number of sulfonamides is 1. The lowest BCUT2D eigenvalue weighted by Gasteiger charge is -2.11. The number of pyridine rings is 1. The summed E-state index contributed by atoms with van der Waals surface area (Å²) < 4.78 is 33.3. The van der Waals surface area contributed by atoms with Gasteiger partial charge in [-0.3, -0.25) is 0 Å². The van der Waals surface area contributed by atoms with E-state index in [1.54, 1.807) is 32.4 Å². The monoisotopic (exact) mass is 391 g/mol. The predicted octanol–water partition coefficient (Wildman–Crippen LogP) is 2.60. The number of nitrogens with one attached hydrogen (secondary N) is 1. The maximum atomic E-state index is 11.4. The molecule has 0 bridgehead atoms. The number of nitrogens with zero attached hydrogens (tertiary/aromatic N) is 1. The maximum absolute atomic E-state index is 11.4. The Morgan fingerprint density at radius 3 is 2.33 bits per heavy atom. The number of anilines is 1. The van der Waals surface area contributed by atoms with Crippen LogP contribution in [0, 0.1) is 11.3 Å². The lowest BCUT2D eigenvalue weighted by atomic mass is 10.0. The van der Waals surface area contributed by atoms with Gasteiger partial charge in [-0.25, -0.2) is 13.6 Å². The zero-order valence-electron chi connectivity index (χ0n) is 15.9. The molecule has 146 valence electrons. The Morgan fingerprint density at radius 2 is 1.78 bits per heavy atom. The number of nitrogens with two attached hydrogens (primary N) is 1. The predicted molar refractivity (Wildman–Crippen MR) is 104 cm³/mol. The van der Waals surface area contributed by atoms with E-state index in [0.29, 0.717) is 23.6 Å². The Kier molecular flexibility index (Phi) is 5.05. The van der Waals surface area contributed by atoms with Crippen molar-refractivity contribution in [3.8, 4) is 11.8 Å². The molecule has 2 atom stereocenters. The van der Waals surface area contributed by atoms with Crippen molar-refractivity contribution in [1.82, 2.24) is 4.98 Å². The van der Waals surface area contributed by atoms with Crippen LogP contribution in [0.4, 0.5) is 5.69 Å². The van der Waals surface area contributed by atoms with Gasteiger partial charge in [0.2, 0.25) is 21.8 Å². The summed E-state index contributed by atoms with van der Waals surface area (Å²) in [6, 6.07) is 10.5. The van der Waals surface area contributed by atoms with Crippen LogP contribution in [0.2, 0.25) is 0 Å². The van der Waals surface area contributed by atoms with E-state index in [2.05, 4.69) is 24.1 Å². The van der Waals surface area contributed by atoms with Gasteiger partial charge in [0.15, 0.2) is 0 Å². The van der Waals surface area contributed by atoms with Crippen LogP contribution in [-0.4, -0.2) is 34.2 Å². The Bertz CT molecular complexity index is 926. The zero-order chi connectivity index (χ0) is 19.8. The molecule has 1 aromatic carbocycles. The van der Waals surface area contributed by atoms with Crippen LogP contribution in [0.1, 0.15) is 25.3 Å². The lowest BCUT2D eigenvalue weighted by Crippen LogP contribution is -2.12. The lowest BCUT2D eigenvalue weighted by molar-refractivity contribution is 0.366. The highest BCUT2D eigenvalue weighted by Gasteiger charge is 2.57. The van der Waals surface area contributed by atoms with E-state index in [1.165, 1.54) is 0 Å². The van der Waals surface area contributed by atoms with E-state index in [0.717, 1.165) is 17.8 Å². The molecule has 1 fully saturated rings. The van der Waals surface area contributed by atoms with E-state index in [4.69, 9.17) is 14.6 Å². The summed E-state index contributed by atoms with van der Waals surface area (Å²) in [4.78, 5) is 4.41. The second-order valence-electron chi connectivity index (χ2n) is 7.31. The number of rotatable bonds is 7. The molecule has 0 aliphatic heterocycles. The highest BCUT2D eigenvalue weighted by molar-refractivity contribution is 7.89. The molecular formula is C19H25N3O4S. The van der Waals surface area contributed by atoms with Crippen LogP contribution < -0.4 is 19.9 Å². The van der Waals surface area contributed by atoms with Crippen molar-refractivity contribution in [1.29, 1.82) is 0 Å². The van der Waals surface area contributed by atoms with Gasteiger partial charge in [0.25, 0.3) is 0 Å². The van der Waals surface area contributed by atoms with Crippen LogP contribution in [0.25, 0.3) is 0 Å². The number of hydrogen-bond donors (Lipinski definition) is 2. The van der Waals surface area contributed by atoms with Crippen molar-refractivity contribution in [3.05, 3.63) is 42.0 Å². The number of primary sulfonamides is 1. The number of ether oxygens (including phenoxy) is 2. The zero-order valence-corrected chi connectivity index (χ0v) is 16.7. The van der Waals surface area contributed by atoms with Gasteiger partial charge in [0.05, 0.1) is 24.8 Å². The van der Waals surface area contributed by atoms with Gasteiger partial charge < -0.3 is 14.8 Å². The fourth-order valence-electron chi connectivity index (χ4n) is 3.70. The van der Waals surface area contributed by atoms with Crippen molar-refractivity contribution in [2.45, 2.75) is 24.7 Å². The molecule has 1 aromatic heterocycles. The molecule has 3 rings (SSSR count). The first-order valence-corrected chi connectivity index (χ1v) is 10.2. The first-order valence-electron chi connectivity index (χ1n) is 8.64. The Labute approximate surface area is 159 Å². The highest BCUT2D eigenvalue weighted by Crippen LogP contribution is 2.64. The molecule has 2 unspecified atom stereocenters. The standard InChI is InChI=1S/C19H25N3O4S/c1-19(2)14(11-21-15-9-10-16(25-3)22-18(15)26-4)17(19)12-5-7-13(8-6-12)27(20,23)24/h5-10,14,17,21H,11H2,1-4H3,(H2,20,23,24). The van der Waals surface area contributed by atoms with Gasteiger partial charge in [-0.1, -0.05) is 26.0 Å². The van der Waals surface area contributed by atoms with E-state index in [1.807, 2.05) is 18.2 Å². The minimum absolute atomic E-state index is 0.100. The third-order valence-electron chi connectivity index (χ3n) is 5.37. The van der Waals surface area contributed by atoms with Crippen LogP contribution in [0.3, 0.4) is 0 Å². The van der Waals surface area contributed by atoms with E-state index >= 15 is 0 Å². The van der Waals surface area contributed by atoms with Crippen molar-refractivity contribution in [3.63, 3.8) is 0 Å². The molecule has 3 N–H and O–H groups in total. The molecule has 0 saturated heterocycles. The number of aromatic nitrogens is 1. The largest absolute Gasteiger partial charge is 0.481 e. The van der Waals surface area contributed by atoms with Crippen molar-refractivity contribution in [2.75, 3.05) is 26.1 Å². The molecule has 1 heterocycles. The SMILES string of the molecule is COc1ccc(NCC2C(c3ccc(S(N)(=O)=O)cc3)C2(C)C)c(OC)n1. The minimum atomic E-state index is -3.67. The van der Waals surface area contributed by atoms with Gasteiger partial charge in [-0.15, -0.1) is 0 Å². The van der Waals surface area contributed by atoms with E-state index in [9.17, 15) is 8.42 Å². The van der Waals surface area contributed by atoms with Gasteiger partial charge in [-0.2, -0.15) is 4.98 Å². The number of benzene rings is 1. The maximum Gasteiger partial charge on any atom is 0.240 e. The summed E-state index contributed by atoms with van der Waals surface area (Å²) in [5.41, 5.74) is 2.02. The average molecular weight is 391 g/mol. The molecule has 7 nitrogen and oxygen atoms in total. The molecule has 0 amide bonds. The summed E-state index contributed by atoms with van der Waals surface area (Å²) in [6.07, 6.45) is 0. The van der Waals surface area contributed by atoms with Crippen molar-refractivity contribution < 1.29 is 17.9 Å². The van der Waals surface area contributed by atoms with Crippen molar-refractivity contribution in [2.24, 2.45) is 16.5 Å². The second-order valence-corrected chi connectivity index (χ2v) is 8.87. The van der Waals surface area contributed by atoms with Crippen molar-refractivity contribution >= 4 is 15.7 Å². The molecular weight excluding hydrogens is 366 g/mol. The Hall–Kier alpha value is -2.32. The molecule has 2 aromatic rings. The molecule has 8 heteroatoms. The number of methoxy groups -OCH3 is 2. The smallest absolute Gasteiger partial charge is 0.240 e. The van der Waals surface area contributed by atoms with E-state index < -0.39 is 10.0 Å². The first kappa shape index (κ1) is 19.4. The summed E-state index contributed by atoms with van der Waals surface area (Å²) in [7, 11) is -0.534. The summed E-state index contributed by atoms with van der Waals surface area (Å²) in [6.45, 7) is 5.17. The third-order valence-corrected chi connectivity index (χ3v) is 6.30. The van der Waals surface area contributed by atoms with Crippen LogP contribution in [-0.2, 0) is 10.0 Å².